The number of imidazole rings is 1. The second-order valence-electron chi connectivity index (χ2n) is 22.3. The van der Waals surface area contributed by atoms with Crippen LogP contribution in [0.2, 0.25) is 0 Å². The highest BCUT2D eigenvalue weighted by Crippen LogP contribution is 2.40. The molecule has 3 heterocycles. The van der Waals surface area contributed by atoms with Crippen LogP contribution in [0.3, 0.4) is 0 Å². The third-order valence-electron chi connectivity index (χ3n) is 15.2. The number of pyridine rings is 1. The molecule has 0 saturated heterocycles. The van der Waals surface area contributed by atoms with Crippen molar-refractivity contribution in [1.82, 2.24) is 14.1 Å². The zero-order chi connectivity index (χ0) is 63.3. The van der Waals surface area contributed by atoms with E-state index in [-0.39, 0.29) is 33.4 Å². The fraction of sp³-hybridized carbons (Fsp3) is 0.108. The molecular weight excluding hydrogens is 989 g/mol. The molecule has 0 N–H and O–H groups in total. The minimum absolute atomic E-state index is 0.135. The van der Waals surface area contributed by atoms with Crippen LogP contribution in [-0.2, 0) is 10.8 Å². The van der Waals surface area contributed by atoms with Crippen molar-refractivity contribution < 1.29 is 23.0 Å². The van der Waals surface area contributed by atoms with Crippen molar-refractivity contribution in [3.05, 3.63) is 284 Å². The Bertz CT molecular complexity index is 4770. The average molecular weight is 1060 g/mol. The predicted octanol–water partition coefficient (Wildman–Crippen LogP) is 15.3. The average Bonchev–Trinajstić information content (AvgIpc) is 1.04. The largest absolute Gasteiger partial charge is 0.458 e. The van der Waals surface area contributed by atoms with Crippen LogP contribution in [-0.4, -0.2) is 22.2 Å². The number of ether oxygens (including phenoxy) is 1. The summed E-state index contributed by atoms with van der Waals surface area (Å²) in [6.45, 7) is 12.5. The highest BCUT2D eigenvalue weighted by atomic mass is 28.3. The van der Waals surface area contributed by atoms with Crippen molar-refractivity contribution in [2.45, 2.75) is 52.4 Å². The lowest BCUT2D eigenvalue weighted by Crippen LogP contribution is -2.74. The molecule has 0 aliphatic rings. The van der Waals surface area contributed by atoms with E-state index in [0.29, 0.717) is 33.8 Å². The molecule has 0 unspecified atom stereocenters. The zero-order valence-corrected chi connectivity index (χ0v) is 46.3. The van der Waals surface area contributed by atoms with Gasteiger partial charge in [0.15, 0.2) is 8.07 Å². The molecule has 3 aromatic heterocycles. The number of aromatic nitrogens is 4. The smallest absolute Gasteiger partial charge is 0.269 e. The molecule has 0 amide bonds. The van der Waals surface area contributed by atoms with Gasteiger partial charge in [-0.2, -0.15) is 0 Å². The summed E-state index contributed by atoms with van der Waals surface area (Å²) in [5.74, 6) is 1.85. The van der Waals surface area contributed by atoms with E-state index in [1.54, 1.807) is 16.7 Å². The van der Waals surface area contributed by atoms with Gasteiger partial charge in [0, 0.05) is 23.0 Å². The van der Waals surface area contributed by atoms with Crippen LogP contribution >= 0.6 is 0 Å². The Kier molecular flexibility index (Phi) is 10.0. The van der Waals surface area contributed by atoms with E-state index in [4.69, 9.17) is 17.9 Å². The maximum absolute atomic E-state index is 9.52. The molecule has 13 aromatic rings. The molecule has 6 heteroatoms. The van der Waals surface area contributed by atoms with E-state index >= 15 is 0 Å². The Balaban J connectivity index is 1.14. The molecule has 0 aliphatic carbocycles. The molecule has 0 aliphatic heterocycles. The Morgan fingerprint density at radius 1 is 0.475 bits per heavy atom. The minimum atomic E-state index is -3.38. The summed E-state index contributed by atoms with van der Waals surface area (Å²) < 4.78 is 105. The van der Waals surface area contributed by atoms with Gasteiger partial charge in [-0.1, -0.05) is 248 Å². The molecule has 0 saturated carbocycles. The topological polar surface area (TPSA) is 35.9 Å². The molecular formula is C74H62N4OSi. The van der Waals surface area contributed by atoms with Gasteiger partial charge in [-0.05, 0) is 113 Å². The maximum atomic E-state index is 9.52. The van der Waals surface area contributed by atoms with Crippen LogP contribution in [0.15, 0.2) is 267 Å². The second-order valence-corrected chi connectivity index (χ2v) is 26.1. The first-order chi connectivity index (χ1) is 43.1. The summed E-state index contributed by atoms with van der Waals surface area (Å²) in [5.41, 5.74) is 4.87. The van der Waals surface area contributed by atoms with Gasteiger partial charge in [-0.25, -0.2) is 4.98 Å². The summed E-state index contributed by atoms with van der Waals surface area (Å²) in [6, 6.07) is 62.6. The Morgan fingerprint density at radius 2 is 1.01 bits per heavy atom. The number of nitrogens with zero attached hydrogens (tertiary/aromatic N) is 4. The third-order valence-corrected chi connectivity index (χ3v) is 20.0. The van der Waals surface area contributed by atoms with Gasteiger partial charge >= 0.3 is 0 Å². The van der Waals surface area contributed by atoms with E-state index in [0.717, 1.165) is 53.9 Å². The lowest BCUT2D eigenvalue weighted by molar-refractivity contribution is -0.571. The van der Waals surface area contributed by atoms with Crippen LogP contribution in [0, 0.1) is 6.33 Å². The first kappa shape index (κ1) is 39.9. The van der Waals surface area contributed by atoms with Crippen LogP contribution in [0.1, 0.15) is 66.4 Å². The van der Waals surface area contributed by atoms with Crippen molar-refractivity contribution >= 4 is 61.7 Å². The standard InChI is InChI=1S/C74H62N4OSi/c1-73(2,3)54-42-43-75-71(46-54)78-67-37-23-22-36-63(67)64-41-40-57(50-70(64)78)79-58-47-56(48-62(49-58)80(59-30-16-9-17-31-59,60-32-18-10-19-33-60)61-34-20-11-21-35-61)76-51-77(69-39-25-24-38-68(69)76)72-65(52-26-12-7-13-27-52)44-55(74(4,5)6)45-66(72)53-28-14-8-15-29-53/h7-50H,1-6H3/i7D,8D,12D,13D,14D,15D,26D,27D,28D,29D. The summed E-state index contributed by atoms with van der Waals surface area (Å²) in [5, 5.41) is 6.40. The highest BCUT2D eigenvalue weighted by Gasteiger charge is 2.42. The Morgan fingerprint density at radius 3 is 1.60 bits per heavy atom. The van der Waals surface area contributed by atoms with Gasteiger partial charge in [0.05, 0.1) is 47.1 Å². The number of hydrogen-bond donors (Lipinski definition) is 0. The molecule has 0 atom stereocenters. The molecule has 0 spiro atoms. The highest BCUT2D eigenvalue weighted by molar-refractivity contribution is 7.20. The molecule has 13 rings (SSSR count). The summed E-state index contributed by atoms with van der Waals surface area (Å²) in [7, 11) is -3.38. The van der Waals surface area contributed by atoms with Gasteiger partial charge in [0.1, 0.15) is 17.3 Å². The Labute approximate surface area is 484 Å². The molecule has 0 radical (unpaired) electrons. The van der Waals surface area contributed by atoms with E-state index in [9.17, 15) is 5.48 Å². The molecule has 80 heavy (non-hydrogen) atoms. The van der Waals surface area contributed by atoms with Crippen LogP contribution in [0.4, 0.5) is 0 Å². The zero-order valence-electron chi connectivity index (χ0n) is 55.3. The van der Waals surface area contributed by atoms with Gasteiger partial charge in [0.25, 0.3) is 6.33 Å². The molecule has 0 bridgehead atoms. The number of hydrogen-bond acceptors (Lipinski definition) is 2. The molecule has 5 nitrogen and oxygen atoms in total. The van der Waals surface area contributed by atoms with Crippen molar-refractivity contribution in [3.8, 4) is 50.9 Å². The molecule has 0 fully saturated rings. The summed E-state index contributed by atoms with van der Waals surface area (Å²) in [4.78, 5) is 4.96. The van der Waals surface area contributed by atoms with E-state index < -0.39 is 73.9 Å². The quantitative estimate of drug-likeness (QED) is 0.0560. The monoisotopic (exact) mass is 1060 g/mol. The normalized spacial score (nSPS) is 13.9. The van der Waals surface area contributed by atoms with Gasteiger partial charge in [0.2, 0.25) is 0 Å². The fourth-order valence-corrected chi connectivity index (χ4v) is 16.1. The van der Waals surface area contributed by atoms with E-state index in [1.807, 2.05) is 98.3 Å². The lowest BCUT2D eigenvalue weighted by Gasteiger charge is -2.35. The number of rotatable bonds is 11. The molecule has 10 aromatic carbocycles. The van der Waals surface area contributed by atoms with Crippen molar-refractivity contribution in [2.24, 2.45) is 0 Å². The van der Waals surface area contributed by atoms with Crippen molar-refractivity contribution in [3.63, 3.8) is 0 Å². The van der Waals surface area contributed by atoms with Crippen LogP contribution < -0.4 is 30.1 Å². The van der Waals surface area contributed by atoms with Gasteiger partial charge in [-0.15, -0.1) is 0 Å². The van der Waals surface area contributed by atoms with Crippen LogP contribution in [0.5, 0.6) is 11.5 Å². The molecule has 388 valence electrons. The van der Waals surface area contributed by atoms with Gasteiger partial charge < -0.3 is 4.74 Å². The second kappa shape index (κ2) is 20.1. The summed E-state index contributed by atoms with van der Waals surface area (Å²) >= 11 is 0. The SMILES string of the molecule is [2H]c1c([2H])c([2H])c(-c2cc(C(C)(C)C)cc(-c3c([2H])c([2H])c([2H])c([2H])c3[2H])c2-[n+]2[c-]n(-c3cc(Oc4ccc5c6ccccc6n(-c6cc(C(C)(C)C)ccn6)c5c4)cc([Si](c4ccccc4)(c4ccccc4)c4ccccc4)c3)c3ccccc32)c([2H])c1[2H]. The number of fused-ring (bicyclic) bond motifs is 4. The summed E-state index contributed by atoms with van der Waals surface area (Å²) in [6.07, 6.45) is 5.57. The van der Waals surface area contributed by atoms with E-state index in [2.05, 4.69) is 153 Å². The van der Waals surface area contributed by atoms with E-state index in [1.165, 1.54) is 0 Å². The van der Waals surface area contributed by atoms with Crippen molar-refractivity contribution in [1.29, 1.82) is 0 Å². The first-order valence-electron chi connectivity index (χ1n) is 31.9. The number of para-hydroxylation sites is 3. The maximum Gasteiger partial charge on any atom is 0.269 e. The van der Waals surface area contributed by atoms with Crippen molar-refractivity contribution in [2.75, 3.05) is 0 Å². The fourth-order valence-electron chi connectivity index (χ4n) is 11.3. The number of benzene rings is 10. The van der Waals surface area contributed by atoms with Crippen LogP contribution in [0.25, 0.3) is 72.3 Å². The lowest BCUT2D eigenvalue weighted by atomic mass is 9.82. The Hall–Kier alpha value is -9.36. The third kappa shape index (κ3) is 8.92. The van der Waals surface area contributed by atoms with Gasteiger partial charge in [-0.3, -0.25) is 13.7 Å². The first-order valence-corrected chi connectivity index (χ1v) is 28.9. The predicted molar refractivity (Wildman–Crippen MR) is 334 cm³/mol. The minimum Gasteiger partial charge on any atom is -0.458 e.